The van der Waals surface area contributed by atoms with Gasteiger partial charge in [-0.25, -0.2) is 0 Å². The van der Waals surface area contributed by atoms with E-state index in [1.165, 1.54) is 24.1 Å². The normalized spacial score (nSPS) is 18.7. The van der Waals surface area contributed by atoms with Crippen LogP contribution in [0, 0.1) is 0 Å². The maximum absolute atomic E-state index is 12.6. The molecule has 0 aromatic carbocycles. The summed E-state index contributed by atoms with van der Waals surface area (Å²) in [5.41, 5.74) is 2.14. The molecular formula is C28H44N7O3+. The van der Waals surface area contributed by atoms with E-state index in [2.05, 4.69) is 44.9 Å². The van der Waals surface area contributed by atoms with Crippen LogP contribution in [-0.2, 0) is 16.6 Å². The lowest BCUT2D eigenvalue weighted by molar-refractivity contribution is -0.894. The number of allylic oxidation sites excluding steroid dienone is 2. The molecule has 4 heterocycles. The largest absolute Gasteiger partial charge is 0.380 e. The van der Waals surface area contributed by atoms with Gasteiger partial charge in [-0.3, -0.25) is 10.1 Å². The highest BCUT2D eigenvalue weighted by Crippen LogP contribution is 2.21. The molecule has 3 atom stereocenters. The van der Waals surface area contributed by atoms with Gasteiger partial charge in [-0.2, -0.15) is 0 Å². The number of ether oxygens (including phenoxy) is 1. The van der Waals surface area contributed by atoms with Crippen LogP contribution in [0.3, 0.4) is 0 Å². The number of carbonyl (C=O) groups excluding carboxylic acids is 1. The number of hydrogen-bond acceptors (Lipinski definition) is 8. The van der Waals surface area contributed by atoms with E-state index in [1.807, 2.05) is 23.9 Å². The average Bonchev–Trinajstić information content (AvgIpc) is 3.29. The Morgan fingerprint density at radius 2 is 2.24 bits per heavy atom. The van der Waals surface area contributed by atoms with Gasteiger partial charge in [0.25, 0.3) is 12.1 Å². The van der Waals surface area contributed by atoms with E-state index in [1.54, 1.807) is 14.0 Å². The number of nitrogens with one attached hydrogen (secondary N) is 3. The summed E-state index contributed by atoms with van der Waals surface area (Å²) in [6.45, 7) is 7.22. The molecule has 0 saturated heterocycles. The van der Waals surface area contributed by atoms with Crippen LogP contribution >= 0.6 is 0 Å². The second kappa shape index (κ2) is 13.1. The highest BCUT2D eigenvalue weighted by Gasteiger charge is 2.25. The predicted octanol–water partition coefficient (Wildman–Crippen LogP) is 2.49. The zero-order valence-corrected chi connectivity index (χ0v) is 23.2. The monoisotopic (exact) mass is 526 g/mol. The molecule has 2 aliphatic rings. The molecule has 0 amide bonds. The fourth-order valence-corrected chi connectivity index (χ4v) is 5.26. The smallest absolute Gasteiger partial charge is 0.273 e. The second-order valence-corrected chi connectivity index (χ2v) is 10.6. The SMILES string of the molecule is CO[C@H](C)CN(CCCCC1C=CC2=C(NCCC2)N1)CC[C@H](Nc1c2ccn(C)c2nc[n+]1O)C(C)=O. The molecule has 0 saturated carbocycles. The third kappa shape index (κ3) is 7.05. The maximum atomic E-state index is 12.6. The van der Waals surface area contributed by atoms with Crippen LogP contribution in [0.4, 0.5) is 5.82 Å². The van der Waals surface area contributed by atoms with E-state index in [0.29, 0.717) is 18.3 Å². The van der Waals surface area contributed by atoms with Gasteiger partial charge in [0.1, 0.15) is 17.2 Å². The minimum atomic E-state index is -0.429. The zero-order chi connectivity index (χ0) is 27.1. The number of methoxy groups -OCH3 is 1. The molecule has 0 bridgehead atoms. The molecule has 10 heteroatoms. The van der Waals surface area contributed by atoms with Gasteiger partial charge >= 0.3 is 0 Å². The summed E-state index contributed by atoms with van der Waals surface area (Å²) in [4.78, 5) is 19.3. The molecule has 4 rings (SSSR count). The Bertz CT molecular complexity index is 1160. The van der Waals surface area contributed by atoms with Crippen LogP contribution in [0.15, 0.2) is 42.1 Å². The van der Waals surface area contributed by atoms with E-state index in [4.69, 9.17) is 4.74 Å². The van der Waals surface area contributed by atoms with Crippen molar-refractivity contribution < 1.29 is 19.5 Å². The van der Waals surface area contributed by atoms with Crippen molar-refractivity contribution in [2.45, 2.75) is 70.6 Å². The average molecular weight is 527 g/mol. The van der Waals surface area contributed by atoms with Crippen LogP contribution in [-0.4, -0.2) is 76.9 Å². The quantitative estimate of drug-likeness (QED) is 0.169. The molecule has 2 aliphatic heterocycles. The fraction of sp³-hybridized carbons (Fsp3) is 0.607. The van der Waals surface area contributed by atoms with Gasteiger partial charge in [-0.1, -0.05) is 21.9 Å². The van der Waals surface area contributed by atoms with Crippen molar-refractivity contribution in [1.29, 1.82) is 0 Å². The summed E-state index contributed by atoms with van der Waals surface area (Å²) in [7, 11) is 3.64. The lowest BCUT2D eigenvalue weighted by Gasteiger charge is -2.29. The minimum Gasteiger partial charge on any atom is -0.380 e. The first kappa shape index (κ1) is 27.9. The number of rotatable bonds is 14. The Hall–Kier alpha value is -3.11. The van der Waals surface area contributed by atoms with Crippen LogP contribution < -0.4 is 20.7 Å². The van der Waals surface area contributed by atoms with Gasteiger partial charge in [-0.05, 0) is 64.1 Å². The summed E-state index contributed by atoms with van der Waals surface area (Å²) in [6.07, 6.45) is 14.2. The third-order valence-corrected chi connectivity index (χ3v) is 7.61. The Balaban J connectivity index is 1.31. The molecule has 2 aromatic rings. The zero-order valence-electron chi connectivity index (χ0n) is 23.2. The highest BCUT2D eigenvalue weighted by atomic mass is 16.5. The number of carbonyl (C=O) groups is 1. The van der Waals surface area contributed by atoms with Crippen LogP contribution in [0.1, 0.15) is 52.4 Å². The number of anilines is 1. The van der Waals surface area contributed by atoms with Crippen molar-refractivity contribution in [2.24, 2.45) is 7.05 Å². The summed E-state index contributed by atoms with van der Waals surface area (Å²) >= 11 is 0. The Morgan fingerprint density at radius 3 is 3.03 bits per heavy atom. The summed E-state index contributed by atoms with van der Waals surface area (Å²) in [5.74, 6) is 1.73. The molecule has 2 aromatic heterocycles. The number of aryl methyl sites for hydroxylation is 1. The molecule has 0 spiro atoms. The summed E-state index contributed by atoms with van der Waals surface area (Å²) in [6, 6.07) is 1.83. The Labute approximate surface area is 225 Å². The van der Waals surface area contributed by atoms with Gasteiger partial charge in [0, 0.05) is 52.5 Å². The van der Waals surface area contributed by atoms with Crippen LogP contribution in [0.5, 0.6) is 0 Å². The second-order valence-electron chi connectivity index (χ2n) is 10.6. The number of unbranched alkanes of at least 4 members (excludes halogenated alkanes) is 1. The van der Waals surface area contributed by atoms with Gasteiger partial charge in [0.2, 0.25) is 5.65 Å². The molecule has 4 N–H and O–H groups in total. The molecule has 0 aliphatic carbocycles. The number of hydrogen-bond donors (Lipinski definition) is 4. The first-order chi connectivity index (χ1) is 18.4. The lowest BCUT2D eigenvalue weighted by atomic mass is 9.99. The van der Waals surface area contributed by atoms with Crippen molar-refractivity contribution in [1.82, 2.24) is 25.1 Å². The molecule has 38 heavy (non-hydrogen) atoms. The van der Waals surface area contributed by atoms with Crippen molar-refractivity contribution in [3.05, 3.63) is 42.1 Å². The molecule has 208 valence electrons. The number of ketones is 1. The van der Waals surface area contributed by atoms with Crippen molar-refractivity contribution in [3.63, 3.8) is 0 Å². The topological polar surface area (TPSA) is 108 Å². The van der Waals surface area contributed by atoms with E-state index in [9.17, 15) is 10.0 Å². The molecular weight excluding hydrogens is 482 g/mol. The molecule has 0 fully saturated rings. The maximum Gasteiger partial charge on any atom is 0.273 e. The Kier molecular flexibility index (Phi) is 9.63. The van der Waals surface area contributed by atoms with Crippen LogP contribution in [0.25, 0.3) is 11.0 Å². The highest BCUT2D eigenvalue weighted by molar-refractivity contribution is 5.89. The number of aromatic nitrogens is 3. The molecule has 10 nitrogen and oxygen atoms in total. The number of fused-ring (bicyclic) bond motifs is 1. The standard InChI is InChI=1S/C28H43N7O3/c1-20(38-4)18-34(15-6-5-9-23-11-10-22-8-7-14-29-26(22)31-23)17-13-25(21(2)36)32-28-24-12-16-33(3)27(24)30-19-35(28)37/h10-12,16,19-20,23,25,29,31,37H,5-9,13-15,17-18H2,1-4H3/p+1/t20-,23?,25+/m1/s1. The number of nitrogens with zero attached hydrogens (tertiary/aromatic N) is 4. The first-order valence-corrected chi connectivity index (χ1v) is 13.8. The summed E-state index contributed by atoms with van der Waals surface area (Å²) < 4.78 is 8.39. The van der Waals surface area contributed by atoms with Crippen molar-refractivity contribution in [3.8, 4) is 0 Å². The predicted molar refractivity (Wildman–Crippen MR) is 148 cm³/mol. The van der Waals surface area contributed by atoms with Gasteiger partial charge in [0.15, 0.2) is 5.78 Å². The molecule has 0 radical (unpaired) electrons. The van der Waals surface area contributed by atoms with Crippen molar-refractivity contribution in [2.75, 3.05) is 38.6 Å². The van der Waals surface area contributed by atoms with Gasteiger partial charge < -0.3 is 30.0 Å². The Morgan fingerprint density at radius 1 is 1.39 bits per heavy atom. The van der Waals surface area contributed by atoms with E-state index >= 15 is 0 Å². The number of Topliss-reactive ketones (excluding diaryl/α,β-unsaturated/α-hetero) is 1. The van der Waals surface area contributed by atoms with E-state index < -0.39 is 6.04 Å². The van der Waals surface area contributed by atoms with E-state index in [0.717, 1.165) is 67.6 Å². The van der Waals surface area contributed by atoms with Gasteiger partial charge in [0.05, 0.1) is 6.10 Å². The first-order valence-electron chi connectivity index (χ1n) is 13.8. The van der Waals surface area contributed by atoms with Gasteiger partial charge in [-0.15, -0.1) is 0 Å². The number of dihydropyridines is 1. The van der Waals surface area contributed by atoms with E-state index in [-0.39, 0.29) is 11.9 Å². The van der Waals surface area contributed by atoms with Crippen LogP contribution in [0.2, 0.25) is 0 Å². The fourth-order valence-electron chi connectivity index (χ4n) is 5.26. The third-order valence-electron chi connectivity index (χ3n) is 7.61. The van der Waals surface area contributed by atoms with Crippen molar-refractivity contribution >= 4 is 22.6 Å². The minimum absolute atomic E-state index is 0.0331. The lowest BCUT2D eigenvalue weighted by Crippen LogP contribution is -2.42. The molecule has 1 unspecified atom stereocenters. The summed E-state index contributed by atoms with van der Waals surface area (Å²) in [5, 5.41) is 21.6.